The Morgan fingerprint density at radius 3 is 2.50 bits per heavy atom. The van der Waals surface area contributed by atoms with Gasteiger partial charge in [0.05, 0.1) is 16.8 Å². The highest BCUT2D eigenvalue weighted by molar-refractivity contribution is 9.10. The fourth-order valence-electron chi connectivity index (χ4n) is 2.21. The van der Waals surface area contributed by atoms with Crippen molar-refractivity contribution in [2.45, 2.75) is 0 Å². The third kappa shape index (κ3) is 3.07. The van der Waals surface area contributed by atoms with Crippen molar-refractivity contribution in [3.8, 4) is 0 Å². The number of carboxylic acids is 1. The van der Waals surface area contributed by atoms with Crippen LogP contribution in [0.15, 0.2) is 59.1 Å². The number of pyridine rings is 1. The van der Waals surface area contributed by atoms with E-state index in [9.17, 15) is 9.90 Å². The summed E-state index contributed by atoms with van der Waals surface area (Å²) < 4.78 is 1.04. The van der Waals surface area contributed by atoms with Gasteiger partial charge < -0.3 is 5.11 Å². The first-order valence-corrected chi connectivity index (χ1v) is 7.49. The van der Waals surface area contributed by atoms with Crippen molar-refractivity contribution in [2.24, 2.45) is 0 Å². The number of halogens is 1. The van der Waals surface area contributed by atoms with Crippen LogP contribution in [0.1, 0.15) is 21.6 Å². The van der Waals surface area contributed by atoms with Crippen molar-refractivity contribution in [3.63, 3.8) is 0 Å². The molecule has 0 aliphatic heterocycles. The zero-order valence-corrected chi connectivity index (χ0v) is 13.1. The minimum Gasteiger partial charge on any atom is -0.478 e. The number of aromatic carboxylic acids is 1. The van der Waals surface area contributed by atoms with Gasteiger partial charge in [0.25, 0.3) is 0 Å². The average molecular weight is 354 g/mol. The molecule has 108 valence electrons. The SMILES string of the molecule is O=C(O)c1cccc2nc(/C=C/c3ccc(Br)cc3)ccc12. The first kappa shape index (κ1) is 14.5. The van der Waals surface area contributed by atoms with Crippen LogP contribution in [0.25, 0.3) is 23.1 Å². The Balaban J connectivity index is 1.95. The van der Waals surface area contributed by atoms with Crippen molar-refractivity contribution >= 4 is 45.0 Å². The fourth-order valence-corrected chi connectivity index (χ4v) is 2.47. The number of carboxylic acid groups (broad SMARTS) is 1. The maximum absolute atomic E-state index is 11.2. The molecule has 0 unspecified atom stereocenters. The first-order chi connectivity index (χ1) is 10.6. The summed E-state index contributed by atoms with van der Waals surface area (Å²) in [6, 6.07) is 16.7. The molecule has 1 aromatic heterocycles. The minimum absolute atomic E-state index is 0.272. The van der Waals surface area contributed by atoms with Crippen molar-refractivity contribution < 1.29 is 9.90 Å². The van der Waals surface area contributed by atoms with Gasteiger partial charge in [0, 0.05) is 9.86 Å². The van der Waals surface area contributed by atoms with Crippen LogP contribution in [-0.4, -0.2) is 16.1 Å². The summed E-state index contributed by atoms with van der Waals surface area (Å²) in [6.07, 6.45) is 3.89. The third-order valence-corrected chi connectivity index (χ3v) is 3.83. The van der Waals surface area contributed by atoms with Gasteiger partial charge in [-0.1, -0.05) is 40.2 Å². The number of carbonyl (C=O) groups is 1. The van der Waals surface area contributed by atoms with E-state index in [1.165, 1.54) is 0 Å². The molecule has 0 saturated carbocycles. The largest absolute Gasteiger partial charge is 0.478 e. The van der Waals surface area contributed by atoms with E-state index in [-0.39, 0.29) is 5.56 Å². The lowest BCUT2D eigenvalue weighted by atomic mass is 10.1. The van der Waals surface area contributed by atoms with Crippen molar-refractivity contribution in [2.75, 3.05) is 0 Å². The summed E-state index contributed by atoms with van der Waals surface area (Å²) >= 11 is 3.40. The summed E-state index contributed by atoms with van der Waals surface area (Å²) in [6.45, 7) is 0. The molecule has 1 heterocycles. The maximum Gasteiger partial charge on any atom is 0.336 e. The molecule has 3 rings (SSSR count). The second kappa shape index (κ2) is 6.12. The molecule has 3 nitrogen and oxygen atoms in total. The predicted octanol–water partition coefficient (Wildman–Crippen LogP) is 4.87. The smallest absolute Gasteiger partial charge is 0.336 e. The Kier molecular flexibility index (Phi) is 4.02. The van der Waals surface area contributed by atoms with Crippen LogP contribution >= 0.6 is 15.9 Å². The quantitative estimate of drug-likeness (QED) is 0.730. The molecular formula is C18H12BrNO2. The van der Waals surface area contributed by atoms with E-state index in [4.69, 9.17) is 0 Å². The highest BCUT2D eigenvalue weighted by Gasteiger charge is 2.08. The standard InChI is InChI=1S/C18H12BrNO2/c19-13-7-4-12(5-8-13)6-9-14-10-11-15-16(18(21)22)2-1-3-17(15)20-14/h1-11H,(H,21,22)/b9-6+. The Hall–Kier alpha value is -2.46. The fraction of sp³-hybridized carbons (Fsp3) is 0. The number of nitrogens with zero attached hydrogens (tertiary/aromatic N) is 1. The van der Waals surface area contributed by atoms with E-state index in [1.54, 1.807) is 18.2 Å². The zero-order valence-electron chi connectivity index (χ0n) is 11.5. The molecule has 0 radical (unpaired) electrons. The highest BCUT2D eigenvalue weighted by Crippen LogP contribution is 2.19. The summed E-state index contributed by atoms with van der Waals surface area (Å²) in [4.78, 5) is 15.7. The molecule has 1 N–H and O–H groups in total. The molecular weight excluding hydrogens is 342 g/mol. The molecule has 0 aliphatic rings. The van der Waals surface area contributed by atoms with Gasteiger partial charge in [0.1, 0.15) is 0 Å². The van der Waals surface area contributed by atoms with Crippen molar-refractivity contribution in [3.05, 3.63) is 75.9 Å². The lowest BCUT2D eigenvalue weighted by molar-refractivity contribution is 0.0699. The molecule has 0 fully saturated rings. The molecule has 0 amide bonds. The van der Waals surface area contributed by atoms with Crippen LogP contribution in [0.5, 0.6) is 0 Å². The van der Waals surface area contributed by atoms with Crippen molar-refractivity contribution in [1.29, 1.82) is 0 Å². The number of rotatable bonds is 3. The van der Waals surface area contributed by atoms with E-state index in [1.807, 2.05) is 48.6 Å². The minimum atomic E-state index is -0.939. The summed E-state index contributed by atoms with van der Waals surface area (Å²) in [5.41, 5.74) is 2.81. The molecule has 4 heteroatoms. The maximum atomic E-state index is 11.2. The van der Waals surface area contributed by atoms with Gasteiger partial charge in [-0.25, -0.2) is 9.78 Å². The Labute approximate surface area is 136 Å². The van der Waals surface area contributed by atoms with Crippen molar-refractivity contribution in [1.82, 2.24) is 4.98 Å². The number of hydrogen-bond donors (Lipinski definition) is 1. The number of aromatic nitrogens is 1. The van der Waals surface area contributed by atoms with Gasteiger partial charge in [-0.3, -0.25) is 0 Å². The lowest BCUT2D eigenvalue weighted by Crippen LogP contribution is -1.98. The van der Waals surface area contributed by atoms with Crippen LogP contribution in [0.2, 0.25) is 0 Å². The summed E-state index contributed by atoms with van der Waals surface area (Å²) in [7, 11) is 0. The van der Waals surface area contributed by atoms with E-state index < -0.39 is 5.97 Å². The van der Waals surface area contributed by atoms with Crippen LogP contribution < -0.4 is 0 Å². The topological polar surface area (TPSA) is 50.2 Å². The molecule has 2 aromatic carbocycles. The van der Waals surface area contributed by atoms with Crippen LogP contribution in [0.3, 0.4) is 0 Å². The third-order valence-electron chi connectivity index (χ3n) is 3.30. The summed E-state index contributed by atoms with van der Waals surface area (Å²) in [5, 5.41) is 9.83. The monoisotopic (exact) mass is 353 g/mol. The molecule has 0 saturated heterocycles. The Morgan fingerprint density at radius 2 is 1.77 bits per heavy atom. The molecule has 0 spiro atoms. The number of fused-ring (bicyclic) bond motifs is 1. The average Bonchev–Trinajstić information content (AvgIpc) is 2.53. The number of hydrogen-bond acceptors (Lipinski definition) is 2. The lowest BCUT2D eigenvalue weighted by Gasteiger charge is -2.02. The molecule has 0 atom stereocenters. The molecule has 22 heavy (non-hydrogen) atoms. The van der Waals surface area contributed by atoms with Gasteiger partial charge in [0.15, 0.2) is 0 Å². The van der Waals surface area contributed by atoms with Gasteiger partial charge in [0.2, 0.25) is 0 Å². The van der Waals surface area contributed by atoms with Gasteiger partial charge >= 0.3 is 5.97 Å². The Bertz CT molecular complexity index is 870. The van der Waals surface area contributed by atoms with E-state index in [0.29, 0.717) is 10.9 Å². The molecule has 0 bridgehead atoms. The van der Waals surface area contributed by atoms with Gasteiger partial charge in [-0.05, 0) is 48.0 Å². The first-order valence-electron chi connectivity index (χ1n) is 6.70. The van der Waals surface area contributed by atoms with E-state index >= 15 is 0 Å². The number of benzene rings is 2. The van der Waals surface area contributed by atoms with Gasteiger partial charge in [-0.2, -0.15) is 0 Å². The van der Waals surface area contributed by atoms with Gasteiger partial charge in [-0.15, -0.1) is 0 Å². The second-order valence-corrected chi connectivity index (χ2v) is 5.71. The predicted molar refractivity (Wildman–Crippen MR) is 91.8 cm³/mol. The Morgan fingerprint density at radius 1 is 1.00 bits per heavy atom. The second-order valence-electron chi connectivity index (χ2n) is 4.80. The molecule has 3 aromatic rings. The van der Waals surface area contributed by atoms with Crippen LogP contribution in [0.4, 0.5) is 0 Å². The van der Waals surface area contributed by atoms with Crippen LogP contribution in [-0.2, 0) is 0 Å². The normalized spacial score (nSPS) is 11.1. The highest BCUT2D eigenvalue weighted by atomic mass is 79.9. The zero-order chi connectivity index (χ0) is 15.5. The summed E-state index contributed by atoms with van der Waals surface area (Å²) in [5.74, 6) is -0.939. The van der Waals surface area contributed by atoms with Crippen LogP contribution in [0, 0.1) is 0 Å². The molecule has 0 aliphatic carbocycles. The van der Waals surface area contributed by atoms with E-state index in [2.05, 4.69) is 20.9 Å². The van der Waals surface area contributed by atoms with E-state index in [0.717, 1.165) is 15.7 Å².